The Labute approximate surface area is 173 Å². The zero-order chi connectivity index (χ0) is 15.5. The lowest BCUT2D eigenvalue weighted by Crippen LogP contribution is -2.20. The summed E-state index contributed by atoms with van der Waals surface area (Å²) >= 11 is 7.09. The molecular weight excluding hydrogens is 628 g/mol. The van der Waals surface area contributed by atoms with Crippen LogP contribution in [0.1, 0.15) is 0 Å². The smallest absolute Gasteiger partial charge is 0.0130 e. The molecule has 3 rings (SSSR count). The molecule has 0 amide bonds. The van der Waals surface area contributed by atoms with E-state index in [1.807, 2.05) is 0 Å². The Morgan fingerprint density at radius 3 is 0.864 bits per heavy atom. The Balaban J connectivity index is 2.10. The maximum absolute atomic E-state index is 2.36. The largest absolute Gasteiger partial charge is 0.0528 e. The normalized spacial score (nSPS) is 10.9. The summed E-state index contributed by atoms with van der Waals surface area (Å²) in [4.78, 5) is 0. The van der Waals surface area contributed by atoms with Crippen LogP contribution in [-0.2, 0) is 0 Å². The summed E-state index contributed by atoms with van der Waals surface area (Å²) in [7, 11) is -0.493. The van der Waals surface area contributed by atoms with Crippen molar-refractivity contribution >= 4 is 91.6 Å². The lowest BCUT2D eigenvalue weighted by Gasteiger charge is -2.19. The van der Waals surface area contributed by atoms with E-state index in [1.165, 1.54) is 26.6 Å². The standard InChI is InChI=1S/C18H12I3P/c19-13-1-7-16(8-2-13)22(17-9-3-14(20)4-10-17)18-11-5-15(21)6-12-18/h1-12H. The molecule has 0 heterocycles. The molecule has 0 radical (unpaired) electrons. The first kappa shape index (κ1) is 17.1. The van der Waals surface area contributed by atoms with E-state index in [1.54, 1.807) is 0 Å². The SMILES string of the molecule is Ic1ccc(P(c2ccc(I)cc2)c2ccc(I)cc2)cc1. The summed E-state index contributed by atoms with van der Waals surface area (Å²) in [5.74, 6) is 0. The predicted octanol–water partition coefficient (Wildman–Crippen LogP) is 5.26. The molecule has 0 aliphatic heterocycles. The van der Waals surface area contributed by atoms with Crippen LogP contribution in [-0.4, -0.2) is 0 Å². The van der Waals surface area contributed by atoms with Crippen molar-refractivity contribution in [1.82, 2.24) is 0 Å². The molecule has 0 aromatic heterocycles. The topological polar surface area (TPSA) is 0 Å². The molecule has 0 spiro atoms. The first-order valence-corrected chi connectivity index (χ1v) is 11.3. The van der Waals surface area contributed by atoms with Gasteiger partial charge < -0.3 is 0 Å². The molecule has 0 saturated heterocycles. The molecule has 0 saturated carbocycles. The van der Waals surface area contributed by atoms with Crippen LogP contribution in [0, 0.1) is 10.7 Å². The van der Waals surface area contributed by atoms with Gasteiger partial charge in [0, 0.05) is 10.7 Å². The number of hydrogen-bond donors (Lipinski definition) is 0. The lowest BCUT2D eigenvalue weighted by molar-refractivity contribution is 1.67. The molecule has 0 aliphatic carbocycles. The van der Waals surface area contributed by atoms with Gasteiger partial charge in [-0.1, -0.05) is 36.4 Å². The fraction of sp³-hybridized carbons (Fsp3) is 0. The fourth-order valence-electron chi connectivity index (χ4n) is 2.22. The van der Waals surface area contributed by atoms with E-state index >= 15 is 0 Å². The Bertz CT molecular complexity index is 642. The second kappa shape index (κ2) is 7.90. The van der Waals surface area contributed by atoms with Crippen molar-refractivity contribution in [2.75, 3.05) is 0 Å². The third-order valence-electron chi connectivity index (χ3n) is 3.25. The maximum Gasteiger partial charge on any atom is 0.0130 e. The number of benzene rings is 3. The number of rotatable bonds is 3. The minimum atomic E-state index is -0.493. The van der Waals surface area contributed by atoms with Crippen LogP contribution in [0.5, 0.6) is 0 Å². The Morgan fingerprint density at radius 2 is 0.636 bits per heavy atom. The highest BCUT2D eigenvalue weighted by Crippen LogP contribution is 2.33. The van der Waals surface area contributed by atoms with E-state index in [2.05, 4.69) is 141 Å². The molecule has 3 aromatic carbocycles. The van der Waals surface area contributed by atoms with Gasteiger partial charge in [0.05, 0.1) is 0 Å². The van der Waals surface area contributed by atoms with Gasteiger partial charge in [0.2, 0.25) is 0 Å². The van der Waals surface area contributed by atoms with Crippen LogP contribution < -0.4 is 15.9 Å². The monoisotopic (exact) mass is 640 g/mol. The van der Waals surface area contributed by atoms with E-state index in [9.17, 15) is 0 Å². The number of hydrogen-bond acceptors (Lipinski definition) is 0. The van der Waals surface area contributed by atoms with Crippen molar-refractivity contribution in [3.8, 4) is 0 Å². The molecule has 0 atom stereocenters. The average molecular weight is 640 g/mol. The quantitative estimate of drug-likeness (QED) is 0.271. The zero-order valence-electron chi connectivity index (χ0n) is 11.5. The van der Waals surface area contributed by atoms with Crippen molar-refractivity contribution in [1.29, 1.82) is 0 Å². The Kier molecular flexibility index (Phi) is 6.15. The van der Waals surface area contributed by atoms with E-state index < -0.39 is 7.92 Å². The van der Waals surface area contributed by atoms with Gasteiger partial charge in [-0.3, -0.25) is 0 Å². The van der Waals surface area contributed by atoms with E-state index in [0.717, 1.165) is 0 Å². The zero-order valence-corrected chi connectivity index (χ0v) is 18.9. The fourth-order valence-corrected chi connectivity index (χ4v) is 5.53. The van der Waals surface area contributed by atoms with Gasteiger partial charge >= 0.3 is 0 Å². The maximum atomic E-state index is 2.36. The highest BCUT2D eigenvalue weighted by atomic mass is 127. The highest BCUT2D eigenvalue weighted by molar-refractivity contribution is 14.1. The van der Waals surface area contributed by atoms with Gasteiger partial charge in [-0.05, 0) is 128 Å². The second-order valence-electron chi connectivity index (χ2n) is 4.76. The third-order valence-corrected chi connectivity index (χ3v) is 7.86. The molecule has 0 N–H and O–H groups in total. The van der Waals surface area contributed by atoms with Crippen LogP contribution in [0.3, 0.4) is 0 Å². The van der Waals surface area contributed by atoms with Gasteiger partial charge in [-0.15, -0.1) is 0 Å². The first-order valence-electron chi connectivity index (χ1n) is 6.70. The van der Waals surface area contributed by atoms with Crippen molar-refractivity contribution in [2.45, 2.75) is 0 Å². The molecular formula is C18H12I3P. The predicted molar refractivity (Wildman–Crippen MR) is 123 cm³/mol. The van der Waals surface area contributed by atoms with Crippen LogP contribution in [0.15, 0.2) is 72.8 Å². The average Bonchev–Trinajstić information content (AvgIpc) is 2.53. The van der Waals surface area contributed by atoms with Crippen LogP contribution in [0.4, 0.5) is 0 Å². The molecule has 110 valence electrons. The van der Waals surface area contributed by atoms with Gasteiger partial charge in [0.25, 0.3) is 0 Å². The van der Waals surface area contributed by atoms with Gasteiger partial charge in [0.1, 0.15) is 0 Å². The molecule has 0 fully saturated rings. The third kappa shape index (κ3) is 4.22. The van der Waals surface area contributed by atoms with Gasteiger partial charge in [-0.2, -0.15) is 0 Å². The van der Waals surface area contributed by atoms with Gasteiger partial charge in [0.15, 0.2) is 0 Å². The van der Waals surface area contributed by atoms with Crippen LogP contribution >= 0.6 is 75.7 Å². The minimum Gasteiger partial charge on any atom is -0.0528 e. The highest BCUT2D eigenvalue weighted by Gasteiger charge is 2.16. The lowest BCUT2D eigenvalue weighted by atomic mass is 10.4. The first-order chi connectivity index (χ1) is 10.6. The van der Waals surface area contributed by atoms with Crippen LogP contribution in [0.2, 0.25) is 0 Å². The molecule has 0 aliphatic rings. The summed E-state index contributed by atoms with van der Waals surface area (Å²) in [6.45, 7) is 0. The summed E-state index contributed by atoms with van der Waals surface area (Å²) < 4.78 is 3.84. The summed E-state index contributed by atoms with van der Waals surface area (Å²) in [5.41, 5.74) is 0. The van der Waals surface area contributed by atoms with Crippen molar-refractivity contribution < 1.29 is 0 Å². The van der Waals surface area contributed by atoms with Crippen molar-refractivity contribution in [2.24, 2.45) is 0 Å². The van der Waals surface area contributed by atoms with Crippen molar-refractivity contribution in [3.63, 3.8) is 0 Å². The summed E-state index contributed by atoms with van der Waals surface area (Å²) in [6, 6.07) is 26.8. The molecule has 4 heteroatoms. The summed E-state index contributed by atoms with van der Waals surface area (Å²) in [5, 5.41) is 4.20. The van der Waals surface area contributed by atoms with Gasteiger partial charge in [-0.25, -0.2) is 0 Å². The molecule has 0 unspecified atom stereocenters. The molecule has 0 nitrogen and oxygen atoms in total. The summed E-state index contributed by atoms with van der Waals surface area (Å²) in [6.07, 6.45) is 0. The van der Waals surface area contributed by atoms with Crippen molar-refractivity contribution in [3.05, 3.63) is 83.5 Å². The Hall–Kier alpha value is 0.280. The van der Waals surface area contributed by atoms with E-state index in [-0.39, 0.29) is 0 Å². The minimum absolute atomic E-state index is 0.493. The molecule has 22 heavy (non-hydrogen) atoms. The Morgan fingerprint density at radius 1 is 0.409 bits per heavy atom. The van der Waals surface area contributed by atoms with Crippen LogP contribution in [0.25, 0.3) is 0 Å². The number of halogens is 3. The molecule has 0 bridgehead atoms. The second-order valence-corrected chi connectivity index (χ2v) is 10.7. The van der Waals surface area contributed by atoms with E-state index in [4.69, 9.17) is 0 Å². The molecule has 3 aromatic rings. The van der Waals surface area contributed by atoms with E-state index in [0.29, 0.717) is 0 Å².